The fourth-order valence-corrected chi connectivity index (χ4v) is 3.66. The number of hydrogen-bond donors (Lipinski definition) is 2. The zero-order valence-corrected chi connectivity index (χ0v) is 16.6. The maximum Gasteiger partial charge on any atom is 0.317 e. The van der Waals surface area contributed by atoms with Crippen molar-refractivity contribution in [2.45, 2.75) is 57.0 Å². The van der Waals surface area contributed by atoms with Crippen LogP contribution in [0.5, 0.6) is 0 Å². The molecule has 0 aliphatic carbocycles. The van der Waals surface area contributed by atoms with Crippen LogP contribution in [0.3, 0.4) is 0 Å². The summed E-state index contributed by atoms with van der Waals surface area (Å²) in [7, 11) is 3.97. The molecule has 1 aliphatic rings. The van der Waals surface area contributed by atoms with E-state index in [1.807, 2.05) is 37.4 Å². The standard InChI is InChI=1S/C21H33N3O3/c1-23-14-7-6-10-19(23)13-15-24(2)21(27)22-18(11-12-20(25)26)16-17-8-4-3-5-9-17/h3-5,8-9,18-19H,6-7,10-16H2,1-2H3,(H,22,27)(H,25,26). The Morgan fingerprint density at radius 1 is 1.30 bits per heavy atom. The van der Waals surface area contributed by atoms with Crippen molar-refractivity contribution in [3.8, 4) is 0 Å². The highest BCUT2D eigenvalue weighted by Gasteiger charge is 2.21. The Morgan fingerprint density at radius 2 is 2.04 bits per heavy atom. The van der Waals surface area contributed by atoms with Gasteiger partial charge >= 0.3 is 12.0 Å². The van der Waals surface area contributed by atoms with Gasteiger partial charge in [-0.1, -0.05) is 36.8 Å². The molecule has 0 aromatic heterocycles. The number of urea groups is 1. The average molecular weight is 376 g/mol. The smallest absolute Gasteiger partial charge is 0.317 e. The highest BCUT2D eigenvalue weighted by molar-refractivity contribution is 5.74. The van der Waals surface area contributed by atoms with Gasteiger partial charge in [0.2, 0.25) is 0 Å². The minimum absolute atomic E-state index is 0.0500. The Bertz CT molecular complexity index is 594. The maximum absolute atomic E-state index is 12.6. The van der Waals surface area contributed by atoms with Crippen LogP contribution in [0, 0.1) is 0 Å². The Kier molecular flexibility index (Phi) is 8.58. The molecule has 1 aromatic carbocycles. The van der Waals surface area contributed by atoms with Crippen molar-refractivity contribution in [1.29, 1.82) is 0 Å². The highest BCUT2D eigenvalue weighted by Crippen LogP contribution is 2.18. The van der Waals surface area contributed by atoms with Crippen molar-refractivity contribution in [2.24, 2.45) is 0 Å². The second kappa shape index (κ2) is 10.9. The van der Waals surface area contributed by atoms with Crippen LogP contribution in [0.2, 0.25) is 0 Å². The van der Waals surface area contributed by atoms with E-state index in [2.05, 4.69) is 17.3 Å². The van der Waals surface area contributed by atoms with E-state index in [0.29, 0.717) is 25.4 Å². The fraction of sp³-hybridized carbons (Fsp3) is 0.619. The van der Waals surface area contributed by atoms with Gasteiger partial charge in [0, 0.05) is 32.1 Å². The van der Waals surface area contributed by atoms with Gasteiger partial charge in [0.15, 0.2) is 0 Å². The number of carbonyl (C=O) groups is 2. The third-order valence-corrected chi connectivity index (χ3v) is 5.43. The lowest BCUT2D eigenvalue weighted by molar-refractivity contribution is -0.137. The number of carboxylic acids is 1. The van der Waals surface area contributed by atoms with E-state index < -0.39 is 5.97 Å². The molecule has 150 valence electrons. The largest absolute Gasteiger partial charge is 0.481 e. The molecule has 0 bridgehead atoms. The van der Waals surface area contributed by atoms with Gasteiger partial charge in [-0.2, -0.15) is 0 Å². The van der Waals surface area contributed by atoms with E-state index >= 15 is 0 Å². The van der Waals surface area contributed by atoms with Crippen molar-refractivity contribution < 1.29 is 14.7 Å². The molecule has 0 radical (unpaired) electrons. The number of likely N-dealkylation sites (tertiary alicyclic amines) is 1. The topological polar surface area (TPSA) is 72.9 Å². The highest BCUT2D eigenvalue weighted by atomic mass is 16.4. The van der Waals surface area contributed by atoms with Crippen LogP contribution in [-0.2, 0) is 11.2 Å². The Labute approximate surface area is 162 Å². The van der Waals surface area contributed by atoms with E-state index in [9.17, 15) is 9.59 Å². The van der Waals surface area contributed by atoms with E-state index in [0.717, 1.165) is 18.5 Å². The number of hydrogen-bond acceptors (Lipinski definition) is 3. The summed E-state index contributed by atoms with van der Waals surface area (Å²) >= 11 is 0. The Morgan fingerprint density at radius 3 is 2.70 bits per heavy atom. The quantitative estimate of drug-likeness (QED) is 0.696. The zero-order chi connectivity index (χ0) is 19.6. The Hall–Kier alpha value is -2.08. The van der Waals surface area contributed by atoms with Crippen molar-refractivity contribution in [1.82, 2.24) is 15.1 Å². The summed E-state index contributed by atoms with van der Waals surface area (Å²) in [5.74, 6) is -0.837. The lowest BCUT2D eigenvalue weighted by atomic mass is 10.00. The monoisotopic (exact) mass is 375 g/mol. The molecule has 2 rings (SSSR count). The summed E-state index contributed by atoms with van der Waals surface area (Å²) in [4.78, 5) is 27.7. The molecule has 1 saturated heterocycles. The number of aliphatic carboxylic acids is 1. The molecule has 6 nitrogen and oxygen atoms in total. The normalized spacial score (nSPS) is 18.7. The van der Waals surface area contributed by atoms with E-state index in [1.54, 1.807) is 4.90 Å². The number of nitrogens with zero attached hydrogens (tertiary/aromatic N) is 2. The van der Waals surface area contributed by atoms with Gasteiger partial charge < -0.3 is 20.2 Å². The molecule has 0 saturated carbocycles. The van der Waals surface area contributed by atoms with E-state index in [-0.39, 0.29) is 18.5 Å². The van der Waals surface area contributed by atoms with Gasteiger partial charge in [0.05, 0.1) is 0 Å². The maximum atomic E-state index is 12.6. The van der Waals surface area contributed by atoms with Gasteiger partial charge in [-0.25, -0.2) is 4.79 Å². The number of amides is 2. The van der Waals surface area contributed by atoms with Crippen LogP contribution < -0.4 is 5.32 Å². The van der Waals surface area contributed by atoms with Crippen LogP contribution in [-0.4, -0.2) is 66.2 Å². The summed E-state index contributed by atoms with van der Waals surface area (Å²) in [5, 5.41) is 12.0. The first kappa shape index (κ1) is 21.2. The fourth-order valence-electron chi connectivity index (χ4n) is 3.66. The molecule has 1 aliphatic heterocycles. The number of piperidine rings is 1. The SMILES string of the molecule is CN(CCC1CCCCN1C)C(=O)NC(CCC(=O)O)Cc1ccccc1. The molecule has 0 spiro atoms. The van der Waals surface area contributed by atoms with Crippen molar-refractivity contribution in [3.05, 3.63) is 35.9 Å². The summed E-state index contributed by atoms with van der Waals surface area (Å²) in [6.07, 6.45) is 5.80. The lowest BCUT2D eigenvalue weighted by Crippen LogP contribution is -2.46. The first-order chi connectivity index (χ1) is 13.0. The predicted molar refractivity (Wildman–Crippen MR) is 107 cm³/mol. The molecule has 27 heavy (non-hydrogen) atoms. The third-order valence-electron chi connectivity index (χ3n) is 5.43. The van der Waals surface area contributed by atoms with Crippen molar-refractivity contribution in [2.75, 3.05) is 27.2 Å². The van der Waals surface area contributed by atoms with Gasteiger partial charge in [-0.05, 0) is 51.3 Å². The molecule has 1 aromatic rings. The van der Waals surface area contributed by atoms with Crippen LogP contribution in [0.25, 0.3) is 0 Å². The molecular weight excluding hydrogens is 342 g/mol. The van der Waals surface area contributed by atoms with Gasteiger partial charge in [-0.15, -0.1) is 0 Å². The Balaban J connectivity index is 1.85. The van der Waals surface area contributed by atoms with Crippen LogP contribution in [0.1, 0.15) is 44.1 Å². The van der Waals surface area contributed by atoms with Crippen LogP contribution in [0.4, 0.5) is 4.79 Å². The number of rotatable bonds is 9. The third kappa shape index (κ3) is 7.59. The molecule has 2 atom stereocenters. The van der Waals surface area contributed by atoms with Gasteiger partial charge in [0.25, 0.3) is 0 Å². The van der Waals surface area contributed by atoms with Crippen molar-refractivity contribution >= 4 is 12.0 Å². The molecule has 6 heteroatoms. The van der Waals surface area contributed by atoms with Crippen molar-refractivity contribution in [3.63, 3.8) is 0 Å². The lowest BCUT2D eigenvalue weighted by Gasteiger charge is -2.33. The first-order valence-electron chi connectivity index (χ1n) is 9.93. The minimum Gasteiger partial charge on any atom is -0.481 e. The summed E-state index contributed by atoms with van der Waals surface area (Å²) in [6.45, 7) is 1.84. The number of carbonyl (C=O) groups excluding carboxylic acids is 1. The first-order valence-corrected chi connectivity index (χ1v) is 9.93. The molecule has 2 amide bonds. The molecule has 1 fully saturated rings. The number of carboxylic acid groups (broad SMARTS) is 1. The summed E-state index contributed by atoms with van der Waals surface area (Å²) < 4.78 is 0. The second-order valence-electron chi connectivity index (χ2n) is 7.61. The molecule has 2 N–H and O–H groups in total. The van der Waals surface area contributed by atoms with E-state index in [4.69, 9.17) is 5.11 Å². The number of benzene rings is 1. The van der Waals surface area contributed by atoms with E-state index in [1.165, 1.54) is 19.3 Å². The molecule has 1 heterocycles. The summed E-state index contributed by atoms with van der Waals surface area (Å²) in [6, 6.07) is 10.1. The van der Waals surface area contributed by atoms with Gasteiger partial charge in [0.1, 0.15) is 0 Å². The van der Waals surface area contributed by atoms with Gasteiger partial charge in [-0.3, -0.25) is 4.79 Å². The zero-order valence-electron chi connectivity index (χ0n) is 16.6. The molecular formula is C21H33N3O3. The second-order valence-corrected chi connectivity index (χ2v) is 7.61. The van der Waals surface area contributed by atoms with Crippen LogP contribution >= 0.6 is 0 Å². The summed E-state index contributed by atoms with van der Waals surface area (Å²) in [5.41, 5.74) is 1.10. The molecule has 2 unspecified atom stereocenters. The van der Waals surface area contributed by atoms with Crippen LogP contribution in [0.15, 0.2) is 30.3 Å². The minimum atomic E-state index is -0.837. The predicted octanol–water partition coefficient (Wildman–Crippen LogP) is 2.98. The average Bonchev–Trinajstić information content (AvgIpc) is 2.66. The number of nitrogens with one attached hydrogen (secondary N) is 1.